The predicted octanol–water partition coefficient (Wildman–Crippen LogP) is 5.75. The number of furan rings is 2. The third-order valence-electron chi connectivity index (χ3n) is 4.66. The van der Waals surface area contributed by atoms with Crippen LogP contribution in [0.25, 0.3) is 21.9 Å². The van der Waals surface area contributed by atoms with Crippen molar-refractivity contribution in [3.05, 3.63) is 59.0 Å². The molecule has 1 aliphatic carbocycles. The molecule has 0 N–H and O–H groups in total. The average molecular weight is 456 g/mol. The van der Waals surface area contributed by atoms with E-state index in [4.69, 9.17) is 8.83 Å². The van der Waals surface area contributed by atoms with Gasteiger partial charge in [0.2, 0.25) is 5.78 Å². The first kappa shape index (κ1) is 20.0. The highest BCUT2D eigenvalue weighted by atomic mass is 19.4. The van der Waals surface area contributed by atoms with E-state index in [1.54, 1.807) is 0 Å². The number of carbonyl (C=O) groups is 2. The van der Waals surface area contributed by atoms with Crippen LogP contribution in [0, 0.1) is 0 Å². The standard InChI is InChI=1S/C20H6F6O6/c21-19(22,23)31-7-1-3-9-11(5-7)29-17-13(9)15(27)14-10-4-2-8(32-20(24,25)26)6-12(10)30-18(14)16(17)28/h1-6H. The Morgan fingerprint density at radius 2 is 1.03 bits per heavy atom. The highest BCUT2D eigenvalue weighted by molar-refractivity contribution is 6.34. The molecule has 0 saturated carbocycles. The molecule has 0 bridgehead atoms. The second-order valence-corrected chi connectivity index (χ2v) is 6.68. The summed E-state index contributed by atoms with van der Waals surface area (Å²) in [6.07, 6.45) is -9.92. The van der Waals surface area contributed by atoms with Gasteiger partial charge in [-0.25, -0.2) is 0 Å². The van der Waals surface area contributed by atoms with Crippen molar-refractivity contribution in [2.45, 2.75) is 12.7 Å². The van der Waals surface area contributed by atoms with Gasteiger partial charge in [0.1, 0.15) is 22.7 Å². The number of carbonyl (C=O) groups excluding carboxylic acids is 2. The smallest absolute Gasteiger partial charge is 0.451 e. The van der Waals surface area contributed by atoms with E-state index in [-0.39, 0.29) is 33.1 Å². The highest BCUT2D eigenvalue weighted by Crippen LogP contribution is 2.41. The summed E-state index contributed by atoms with van der Waals surface area (Å²) in [6, 6.07) is 5.92. The van der Waals surface area contributed by atoms with Crippen molar-refractivity contribution < 1.29 is 54.2 Å². The first-order chi connectivity index (χ1) is 14.9. The van der Waals surface area contributed by atoms with Gasteiger partial charge in [0, 0.05) is 22.9 Å². The summed E-state index contributed by atoms with van der Waals surface area (Å²) in [5, 5.41) is 0.120. The molecule has 0 saturated heterocycles. The number of hydrogen-bond donors (Lipinski definition) is 0. The zero-order valence-electron chi connectivity index (χ0n) is 15.2. The number of alkyl halides is 6. The monoisotopic (exact) mass is 456 g/mol. The molecule has 0 radical (unpaired) electrons. The molecule has 6 nitrogen and oxygen atoms in total. The van der Waals surface area contributed by atoms with E-state index in [1.807, 2.05) is 0 Å². The lowest BCUT2D eigenvalue weighted by atomic mass is 9.90. The SMILES string of the molecule is O=C1c2oc3cc(OC(F)(F)F)ccc3c2C(=O)c2c1oc1cc(OC(F)(F)F)ccc21. The fourth-order valence-corrected chi connectivity index (χ4v) is 3.55. The maximum absolute atomic E-state index is 13.1. The van der Waals surface area contributed by atoms with Crippen LogP contribution in [0.3, 0.4) is 0 Å². The Bertz CT molecular complexity index is 1330. The number of benzene rings is 2. The topological polar surface area (TPSA) is 78.9 Å². The van der Waals surface area contributed by atoms with Crippen LogP contribution >= 0.6 is 0 Å². The maximum atomic E-state index is 13.1. The fourth-order valence-electron chi connectivity index (χ4n) is 3.55. The minimum absolute atomic E-state index is 0.0601. The van der Waals surface area contributed by atoms with E-state index in [0.717, 1.165) is 36.4 Å². The van der Waals surface area contributed by atoms with Crippen molar-refractivity contribution in [1.29, 1.82) is 0 Å². The van der Waals surface area contributed by atoms with Crippen molar-refractivity contribution in [3.63, 3.8) is 0 Å². The number of hydrogen-bond acceptors (Lipinski definition) is 6. The molecule has 164 valence electrons. The minimum atomic E-state index is -4.96. The Labute approximate surface area is 171 Å². The van der Waals surface area contributed by atoms with Crippen molar-refractivity contribution in [2.24, 2.45) is 0 Å². The van der Waals surface area contributed by atoms with Crippen molar-refractivity contribution in [3.8, 4) is 11.5 Å². The molecule has 0 spiro atoms. The molecule has 12 heteroatoms. The van der Waals surface area contributed by atoms with Gasteiger partial charge in [0.25, 0.3) is 5.78 Å². The van der Waals surface area contributed by atoms with Gasteiger partial charge >= 0.3 is 12.7 Å². The Kier molecular flexibility index (Phi) is 3.92. The van der Waals surface area contributed by atoms with Gasteiger partial charge in [-0.1, -0.05) is 0 Å². The van der Waals surface area contributed by atoms with Gasteiger partial charge in [-0.2, -0.15) is 0 Å². The zero-order chi connectivity index (χ0) is 23.0. The number of fused-ring (bicyclic) bond motifs is 6. The van der Waals surface area contributed by atoms with Crippen LogP contribution < -0.4 is 9.47 Å². The third-order valence-corrected chi connectivity index (χ3v) is 4.66. The zero-order valence-corrected chi connectivity index (χ0v) is 15.2. The predicted molar refractivity (Wildman–Crippen MR) is 92.7 cm³/mol. The molecule has 0 atom stereocenters. The molecule has 32 heavy (non-hydrogen) atoms. The van der Waals surface area contributed by atoms with Gasteiger partial charge in [-0.3, -0.25) is 9.59 Å². The van der Waals surface area contributed by atoms with Crippen molar-refractivity contribution in [1.82, 2.24) is 0 Å². The summed E-state index contributed by atoms with van der Waals surface area (Å²) in [6.45, 7) is 0. The molecule has 0 amide bonds. The van der Waals surface area contributed by atoms with Gasteiger partial charge in [0.05, 0.1) is 11.1 Å². The van der Waals surface area contributed by atoms with Crippen LogP contribution in [0.4, 0.5) is 26.3 Å². The van der Waals surface area contributed by atoms with E-state index in [9.17, 15) is 35.9 Å². The van der Waals surface area contributed by atoms with E-state index < -0.39 is 47.3 Å². The molecule has 0 fully saturated rings. The Morgan fingerprint density at radius 1 is 0.625 bits per heavy atom. The first-order valence-corrected chi connectivity index (χ1v) is 8.65. The first-order valence-electron chi connectivity index (χ1n) is 8.65. The summed E-state index contributed by atoms with van der Waals surface area (Å²) in [7, 11) is 0. The van der Waals surface area contributed by atoms with Crippen LogP contribution in [-0.2, 0) is 0 Å². The Balaban J connectivity index is 1.63. The summed E-state index contributed by atoms with van der Waals surface area (Å²) < 4.78 is 93.0. The van der Waals surface area contributed by atoms with E-state index in [2.05, 4.69) is 9.47 Å². The molecule has 2 aromatic heterocycles. The lowest BCUT2D eigenvalue weighted by Gasteiger charge is -2.09. The molecule has 4 aromatic rings. The molecule has 2 aromatic carbocycles. The van der Waals surface area contributed by atoms with E-state index >= 15 is 0 Å². The second kappa shape index (κ2) is 6.28. The normalized spacial score (nSPS) is 14.1. The number of halogens is 6. The lowest BCUT2D eigenvalue weighted by Crippen LogP contribution is -2.18. The fraction of sp³-hybridized carbons (Fsp3) is 0.100. The quantitative estimate of drug-likeness (QED) is 0.315. The van der Waals surface area contributed by atoms with Crippen LogP contribution in [0.15, 0.2) is 45.2 Å². The van der Waals surface area contributed by atoms with Crippen molar-refractivity contribution >= 4 is 33.5 Å². The van der Waals surface area contributed by atoms with Crippen LogP contribution in [0.2, 0.25) is 0 Å². The average Bonchev–Trinajstić information content (AvgIpc) is 3.22. The molecule has 2 heterocycles. The minimum Gasteiger partial charge on any atom is -0.451 e. The van der Waals surface area contributed by atoms with Crippen LogP contribution in [0.1, 0.15) is 32.2 Å². The largest absolute Gasteiger partial charge is 0.573 e. The molecular weight excluding hydrogens is 450 g/mol. The van der Waals surface area contributed by atoms with Crippen LogP contribution in [-0.4, -0.2) is 24.3 Å². The van der Waals surface area contributed by atoms with Gasteiger partial charge in [-0.15, -0.1) is 26.3 Å². The molecule has 1 aliphatic rings. The summed E-state index contributed by atoms with van der Waals surface area (Å²) in [5.41, 5.74) is -0.800. The number of ketones is 2. The van der Waals surface area contributed by atoms with Gasteiger partial charge in [0.15, 0.2) is 11.5 Å². The maximum Gasteiger partial charge on any atom is 0.573 e. The number of rotatable bonds is 2. The van der Waals surface area contributed by atoms with E-state index in [0.29, 0.717) is 0 Å². The number of ether oxygens (including phenoxy) is 2. The molecule has 5 rings (SSSR count). The van der Waals surface area contributed by atoms with Gasteiger partial charge < -0.3 is 18.3 Å². The van der Waals surface area contributed by atoms with E-state index in [1.165, 1.54) is 0 Å². The lowest BCUT2D eigenvalue weighted by molar-refractivity contribution is -0.275. The second-order valence-electron chi connectivity index (χ2n) is 6.68. The van der Waals surface area contributed by atoms with Gasteiger partial charge in [-0.05, 0) is 24.3 Å². The molecule has 0 unspecified atom stereocenters. The Morgan fingerprint density at radius 3 is 1.41 bits per heavy atom. The third kappa shape index (κ3) is 3.15. The summed E-state index contributed by atoms with van der Waals surface area (Å²) in [5.74, 6) is -3.79. The highest BCUT2D eigenvalue weighted by Gasteiger charge is 2.40. The summed E-state index contributed by atoms with van der Waals surface area (Å²) in [4.78, 5) is 26.0. The molecular formula is C20H6F6O6. The van der Waals surface area contributed by atoms with Crippen LogP contribution in [0.5, 0.6) is 11.5 Å². The van der Waals surface area contributed by atoms with Crippen molar-refractivity contribution in [2.75, 3.05) is 0 Å². The Hall–Kier alpha value is -3.96. The summed E-state index contributed by atoms with van der Waals surface area (Å²) >= 11 is 0. The molecule has 0 aliphatic heterocycles.